The van der Waals surface area contributed by atoms with E-state index in [0.29, 0.717) is 22.2 Å². The van der Waals surface area contributed by atoms with Gasteiger partial charge in [0.15, 0.2) is 0 Å². The minimum absolute atomic E-state index is 0.0710. The topological polar surface area (TPSA) is 60.9 Å². The average Bonchev–Trinajstić information content (AvgIpc) is 2.98. The van der Waals surface area contributed by atoms with Crippen LogP contribution in [-0.4, -0.2) is 39.3 Å². The Labute approximate surface area is 180 Å². The number of fused-ring (bicyclic) bond motifs is 1. The van der Waals surface area contributed by atoms with Crippen molar-refractivity contribution in [2.75, 3.05) is 18.0 Å². The van der Waals surface area contributed by atoms with E-state index in [4.69, 9.17) is 17.3 Å². The minimum atomic E-state index is -0.785. The van der Waals surface area contributed by atoms with Crippen LogP contribution < -0.4 is 4.90 Å². The number of para-hydroxylation sites is 1. The van der Waals surface area contributed by atoms with Crippen LogP contribution >= 0.6 is 24.0 Å². The molecule has 3 rings (SSSR count). The lowest BCUT2D eigenvalue weighted by Gasteiger charge is -2.26. The lowest BCUT2D eigenvalue weighted by molar-refractivity contribution is -0.137. The lowest BCUT2D eigenvalue weighted by atomic mass is 9.99. The molecule has 1 aromatic rings. The second-order valence-electron chi connectivity index (χ2n) is 6.80. The molecule has 1 saturated heterocycles. The zero-order chi connectivity index (χ0) is 20.8. The number of allylic oxidation sites excluding steroid dienone is 4. The third kappa shape index (κ3) is 5.16. The Balaban J connectivity index is 1.68. The van der Waals surface area contributed by atoms with Gasteiger partial charge in [0.05, 0.1) is 4.91 Å². The van der Waals surface area contributed by atoms with Gasteiger partial charge in [-0.05, 0) is 43.6 Å². The van der Waals surface area contributed by atoms with Gasteiger partial charge in [-0.2, -0.15) is 0 Å². The summed E-state index contributed by atoms with van der Waals surface area (Å²) in [7, 11) is 0. The van der Waals surface area contributed by atoms with Gasteiger partial charge in [0.1, 0.15) is 4.32 Å². The molecule has 0 aromatic heterocycles. The summed E-state index contributed by atoms with van der Waals surface area (Å²) < 4.78 is 0.564. The highest BCUT2D eigenvalue weighted by atomic mass is 32.2. The number of amides is 1. The molecular weight excluding hydrogens is 404 g/mol. The standard InChI is InChI=1S/C22H24N2O3S2/c1-2-23-15-13-16(17-8-5-6-9-18(17)23)11-12-19-21(27)24(22(28)29-19)14-7-3-4-10-20(25)26/h5-6,8-9,11-13,15H,2-4,7,10,14H2,1H3,(H,25,26)/b16-11-,19-12-. The molecule has 0 bridgehead atoms. The Morgan fingerprint density at radius 1 is 1.21 bits per heavy atom. The van der Waals surface area contributed by atoms with Gasteiger partial charge in [-0.15, -0.1) is 0 Å². The van der Waals surface area contributed by atoms with Gasteiger partial charge in [-0.1, -0.05) is 54.7 Å². The number of hydrogen-bond donors (Lipinski definition) is 1. The number of nitrogens with zero attached hydrogens (tertiary/aromatic N) is 2. The Kier molecular flexibility index (Phi) is 7.28. The summed E-state index contributed by atoms with van der Waals surface area (Å²) in [4.78, 5) is 27.7. The molecule has 0 atom stereocenters. The molecule has 1 N–H and O–H groups in total. The van der Waals surface area contributed by atoms with E-state index in [-0.39, 0.29) is 12.3 Å². The molecular formula is C22H24N2O3S2. The maximum Gasteiger partial charge on any atom is 0.303 e. The van der Waals surface area contributed by atoms with Crippen LogP contribution in [0, 0.1) is 0 Å². The van der Waals surface area contributed by atoms with Gasteiger partial charge < -0.3 is 10.0 Å². The van der Waals surface area contributed by atoms with Crippen molar-refractivity contribution < 1.29 is 14.7 Å². The van der Waals surface area contributed by atoms with Crippen LogP contribution in [0.5, 0.6) is 0 Å². The summed E-state index contributed by atoms with van der Waals surface area (Å²) in [5, 5.41) is 8.69. The number of rotatable bonds is 8. The van der Waals surface area contributed by atoms with E-state index < -0.39 is 5.97 Å². The maximum atomic E-state index is 12.7. The number of carbonyl (C=O) groups excluding carboxylic acids is 1. The van der Waals surface area contributed by atoms with Crippen molar-refractivity contribution in [1.82, 2.24) is 4.90 Å². The number of aliphatic carboxylic acids is 1. The first-order chi connectivity index (χ1) is 14.0. The molecule has 2 aliphatic rings. The monoisotopic (exact) mass is 428 g/mol. The van der Waals surface area contributed by atoms with Crippen molar-refractivity contribution >= 4 is 51.4 Å². The first kappa shape index (κ1) is 21.3. The van der Waals surface area contributed by atoms with Crippen LogP contribution in [0.15, 0.2) is 53.6 Å². The first-order valence-corrected chi connectivity index (χ1v) is 11.0. The number of thiocarbonyl (C=S) groups is 1. The smallest absolute Gasteiger partial charge is 0.303 e. The van der Waals surface area contributed by atoms with Crippen LogP contribution in [-0.2, 0) is 9.59 Å². The van der Waals surface area contributed by atoms with E-state index in [2.05, 4.69) is 36.2 Å². The molecule has 7 heteroatoms. The van der Waals surface area contributed by atoms with Crippen LogP contribution in [0.1, 0.15) is 38.2 Å². The molecule has 29 heavy (non-hydrogen) atoms. The van der Waals surface area contributed by atoms with Crippen LogP contribution in [0.3, 0.4) is 0 Å². The quantitative estimate of drug-likeness (QED) is 0.364. The fraction of sp³-hybridized carbons (Fsp3) is 0.318. The summed E-state index contributed by atoms with van der Waals surface area (Å²) >= 11 is 6.69. The number of thioether (sulfide) groups is 1. The molecule has 2 aliphatic heterocycles. The van der Waals surface area contributed by atoms with E-state index in [1.807, 2.05) is 24.3 Å². The normalized spacial score (nSPS) is 18.8. The van der Waals surface area contributed by atoms with Crippen molar-refractivity contribution in [3.63, 3.8) is 0 Å². The highest BCUT2D eigenvalue weighted by Gasteiger charge is 2.31. The summed E-state index contributed by atoms with van der Waals surface area (Å²) in [6.45, 7) is 3.54. The number of carbonyl (C=O) groups is 2. The summed E-state index contributed by atoms with van der Waals surface area (Å²) in [6, 6.07) is 8.23. The van der Waals surface area contributed by atoms with Gasteiger partial charge in [0.2, 0.25) is 0 Å². The van der Waals surface area contributed by atoms with Gasteiger partial charge >= 0.3 is 5.97 Å². The Hall–Kier alpha value is -2.38. The fourth-order valence-electron chi connectivity index (χ4n) is 3.32. The molecule has 0 saturated carbocycles. The SMILES string of the molecule is CCN1C=C/C(=C/C=C2\SC(=S)N(CCCCCC(=O)O)C2=O)c2ccccc21. The number of carboxylic acid groups (broad SMARTS) is 1. The zero-order valence-electron chi connectivity index (χ0n) is 16.3. The highest BCUT2D eigenvalue weighted by Crippen LogP contribution is 2.35. The fourth-order valence-corrected chi connectivity index (χ4v) is 4.57. The predicted molar refractivity (Wildman–Crippen MR) is 123 cm³/mol. The van der Waals surface area contributed by atoms with E-state index in [1.165, 1.54) is 11.8 Å². The van der Waals surface area contributed by atoms with E-state index in [0.717, 1.165) is 36.2 Å². The van der Waals surface area contributed by atoms with E-state index >= 15 is 0 Å². The van der Waals surface area contributed by atoms with E-state index in [9.17, 15) is 9.59 Å². The highest BCUT2D eigenvalue weighted by molar-refractivity contribution is 8.26. The predicted octanol–water partition coefficient (Wildman–Crippen LogP) is 4.81. The average molecular weight is 429 g/mol. The van der Waals surface area contributed by atoms with Gasteiger partial charge in [-0.25, -0.2) is 0 Å². The van der Waals surface area contributed by atoms with Crippen LogP contribution in [0.25, 0.3) is 5.57 Å². The number of carboxylic acids is 1. The van der Waals surface area contributed by atoms with Crippen molar-refractivity contribution in [2.45, 2.75) is 32.6 Å². The number of anilines is 1. The third-order valence-corrected chi connectivity index (χ3v) is 6.26. The van der Waals surface area contributed by atoms with Crippen molar-refractivity contribution in [3.05, 3.63) is 59.2 Å². The Morgan fingerprint density at radius 2 is 2.00 bits per heavy atom. The molecule has 2 heterocycles. The molecule has 1 fully saturated rings. The summed E-state index contributed by atoms with van der Waals surface area (Å²) in [5.41, 5.74) is 3.36. The molecule has 5 nitrogen and oxygen atoms in total. The molecule has 1 amide bonds. The van der Waals surface area contributed by atoms with Crippen molar-refractivity contribution in [1.29, 1.82) is 0 Å². The minimum Gasteiger partial charge on any atom is -0.481 e. The zero-order valence-corrected chi connectivity index (χ0v) is 18.0. The number of hydrogen-bond acceptors (Lipinski definition) is 5. The number of unbranched alkanes of at least 4 members (excludes halogenated alkanes) is 2. The molecule has 152 valence electrons. The second kappa shape index (κ2) is 9.89. The van der Waals surface area contributed by atoms with Gasteiger partial charge in [-0.3, -0.25) is 14.5 Å². The van der Waals surface area contributed by atoms with Crippen LogP contribution in [0.2, 0.25) is 0 Å². The summed E-state index contributed by atoms with van der Waals surface area (Å²) in [5.74, 6) is -0.856. The Morgan fingerprint density at radius 3 is 2.76 bits per heavy atom. The third-order valence-electron chi connectivity index (χ3n) is 4.86. The van der Waals surface area contributed by atoms with E-state index in [1.54, 1.807) is 4.90 Å². The summed E-state index contributed by atoms with van der Waals surface area (Å²) in [6.07, 6.45) is 10.2. The van der Waals surface area contributed by atoms with Crippen molar-refractivity contribution in [2.24, 2.45) is 0 Å². The maximum absolute atomic E-state index is 12.7. The molecule has 0 spiro atoms. The van der Waals surface area contributed by atoms with Gasteiger partial charge in [0, 0.05) is 37.0 Å². The molecule has 0 aliphatic carbocycles. The first-order valence-electron chi connectivity index (χ1n) is 9.73. The number of benzene rings is 1. The largest absolute Gasteiger partial charge is 0.481 e. The van der Waals surface area contributed by atoms with Gasteiger partial charge in [0.25, 0.3) is 5.91 Å². The Bertz CT molecular complexity index is 905. The molecule has 0 unspecified atom stereocenters. The lowest BCUT2D eigenvalue weighted by Crippen LogP contribution is -2.29. The molecule has 0 radical (unpaired) electrons. The second-order valence-corrected chi connectivity index (χ2v) is 8.48. The molecule has 1 aromatic carbocycles. The van der Waals surface area contributed by atoms with Crippen LogP contribution in [0.4, 0.5) is 5.69 Å². The van der Waals surface area contributed by atoms with Crippen molar-refractivity contribution in [3.8, 4) is 0 Å².